The highest BCUT2D eigenvalue weighted by molar-refractivity contribution is 6.34. The van der Waals surface area contributed by atoms with Gasteiger partial charge in [-0.25, -0.2) is 9.37 Å². The van der Waals surface area contributed by atoms with Crippen LogP contribution in [0.25, 0.3) is 0 Å². The lowest BCUT2D eigenvalue weighted by molar-refractivity contribution is 0.0741. The number of carbonyl (C=O) groups excluding carboxylic acids is 1. The molecular formula is C16H14Cl2FN3O. The molecule has 2 aromatic rings. The fourth-order valence-electron chi connectivity index (χ4n) is 2.58. The number of pyridine rings is 1. The lowest BCUT2D eigenvalue weighted by Gasteiger charge is -2.36. The minimum Gasteiger partial charge on any atom is -0.366 e. The summed E-state index contributed by atoms with van der Waals surface area (Å²) < 4.78 is 13.8. The summed E-state index contributed by atoms with van der Waals surface area (Å²) in [6.45, 7) is 2.03. The third-order valence-corrected chi connectivity index (χ3v) is 4.29. The van der Waals surface area contributed by atoms with Gasteiger partial charge in [-0.15, -0.1) is 0 Å². The van der Waals surface area contributed by atoms with Gasteiger partial charge in [-0.2, -0.15) is 0 Å². The van der Waals surface area contributed by atoms with Gasteiger partial charge in [0.25, 0.3) is 5.91 Å². The first kappa shape index (κ1) is 16.0. The van der Waals surface area contributed by atoms with Gasteiger partial charge in [0.2, 0.25) is 0 Å². The van der Waals surface area contributed by atoms with Crippen LogP contribution < -0.4 is 4.90 Å². The summed E-state index contributed by atoms with van der Waals surface area (Å²) in [5, 5.41) is 0.499. The zero-order valence-corrected chi connectivity index (χ0v) is 13.7. The predicted molar refractivity (Wildman–Crippen MR) is 88.8 cm³/mol. The molecule has 23 heavy (non-hydrogen) atoms. The Hall–Kier alpha value is -1.85. The van der Waals surface area contributed by atoms with Gasteiger partial charge in [0, 0.05) is 26.2 Å². The Bertz CT molecular complexity index is 733. The van der Waals surface area contributed by atoms with E-state index in [0.29, 0.717) is 31.9 Å². The maximum Gasteiger partial charge on any atom is 0.274 e. The van der Waals surface area contributed by atoms with Crippen LogP contribution in [-0.2, 0) is 0 Å². The molecule has 0 aliphatic carbocycles. The van der Waals surface area contributed by atoms with E-state index in [4.69, 9.17) is 23.2 Å². The van der Waals surface area contributed by atoms with Crippen molar-refractivity contribution in [2.75, 3.05) is 31.1 Å². The van der Waals surface area contributed by atoms with E-state index in [9.17, 15) is 9.18 Å². The molecule has 120 valence electrons. The highest BCUT2D eigenvalue weighted by atomic mass is 35.5. The smallest absolute Gasteiger partial charge is 0.274 e. The first-order valence-electron chi connectivity index (χ1n) is 7.17. The SMILES string of the molecule is O=C(c1nc(Cl)ccc1Cl)N1CCN(c2ccccc2F)CC1. The van der Waals surface area contributed by atoms with Crippen LogP contribution in [-0.4, -0.2) is 42.0 Å². The minimum atomic E-state index is -0.259. The molecule has 0 bridgehead atoms. The van der Waals surface area contributed by atoms with E-state index in [2.05, 4.69) is 4.98 Å². The number of halogens is 3. The molecule has 1 aromatic heterocycles. The van der Waals surface area contributed by atoms with Gasteiger partial charge in [0.15, 0.2) is 0 Å². The molecule has 2 heterocycles. The van der Waals surface area contributed by atoms with E-state index in [-0.39, 0.29) is 27.6 Å². The Kier molecular flexibility index (Phi) is 4.68. The molecule has 1 aliphatic heterocycles. The van der Waals surface area contributed by atoms with Crippen molar-refractivity contribution in [3.05, 3.63) is 58.1 Å². The zero-order chi connectivity index (χ0) is 16.4. The van der Waals surface area contributed by atoms with Gasteiger partial charge in [0.05, 0.1) is 10.7 Å². The number of rotatable bonds is 2. The van der Waals surface area contributed by atoms with Gasteiger partial charge in [-0.1, -0.05) is 35.3 Å². The molecule has 1 saturated heterocycles. The molecule has 7 heteroatoms. The monoisotopic (exact) mass is 353 g/mol. The van der Waals surface area contributed by atoms with Gasteiger partial charge in [0.1, 0.15) is 16.7 Å². The minimum absolute atomic E-state index is 0.151. The molecule has 0 unspecified atom stereocenters. The van der Waals surface area contributed by atoms with Gasteiger partial charge in [-0.05, 0) is 24.3 Å². The number of anilines is 1. The van der Waals surface area contributed by atoms with Crippen LogP contribution in [0, 0.1) is 5.82 Å². The molecule has 0 N–H and O–H groups in total. The number of benzene rings is 1. The maximum absolute atomic E-state index is 13.8. The quantitative estimate of drug-likeness (QED) is 0.775. The van der Waals surface area contributed by atoms with E-state index < -0.39 is 0 Å². The maximum atomic E-state index is 13.8. The molecule has 1 amide bonds. The van der Waals surface area contributed by atoms with Crippen molar-refractivity contribution >= 4 is 34.8 Å². The number of aromatic nitrogens is 1. The first-order chi connectivity index (χ1) is 11.1. The van der Waals surface area contributed by atoms with E-state index in [1.807, 2.05) is 4.90 Å². The van der Waals surface area contributed by atoms with Crippen molar-refractivity contribution in [1.29, 1.82) is 0 Å². The van der Waals surface area contributed by atoms with Crippen molar-refractivity contribution in [3.63, 3.8) is 0 Å². The molecule has 1 aromatic carbocycles. The second-order valence-corrected chi connectivity index (χ2v) is 5.99. The van der Waals surface area contributed by atoms with E-state index >= 15 is 0 Å². The molecule has 4 nitrogen and oxygen atoms in total. The predicted octanol–water partition coefficient (Wildman–Crippen LogP) is 3.49. The van der Waals surface area contributed by atoms with Gasteiger partial charge >= 0.3 is 0 Å². The topological polar surface area (TPSA) is 36.4 Å². The average molecular weight is 354 g/mol. The lowest BCUT2D eigenvalue weighted by Crippen LogP contribution is -2.49. The van der Waals surface area contributed by atoms with Gasteiger partial charge < -0.3 is 9.80 Å². The van der Waals surface area contributed by atoms with Crippen molar-refractivity contribution in [1.82, 2.24) is 9.88 Å². The summed E-state index contributed by atoms with van der Waals surface area (Å²) in [7, 11) is 0. The Morgan fingerprint density at radius 3 is 2.43 bits per heavy atom. The van der Waals surface area contributed by atoms with Crippen LogP contribution in [0.4, 0.5) is 10.1 Å². The largest absolute Gasteiger partial charge is 0.366 e. The lowest BCUT2D eigenvalue weighted by atomic mass is 10.2. The normalized spacial score (nSPS) is 14.9. The highest BCUT2D eigenvalue weighted by Crippen LogP contribution is 2.22. The van der Waals surface area contributed by atoms with Crippen LogP contribution in [0.5, 0.6) is 0 Å². The molecule has 3 rings (SSSR count). The standard InChI is InChI=1S/C16H14Cl2FN3O/c17-11-5-6-14(18)20-15(11)16(23)22-9-7-21(8-10-22)13-4-2-1-3-12(13)19/h1-6H,7-10H2. The number of nitrogens with zero attached hydrogens (tertiary/aromatic N) is 3. The highest BCUT2D eigenvalue weighted by Gasteiger charge is 2.25. The first-order valence-corrected chi connectivity index (χ1v) is 7.92. The molecule has 0 atom stereocenters. The molecule has 0 radical (unpaired) electrons. The zero-order valence-electron chi connectivity index (χ0n) is 12.2. The molecular weight excluding hydrogens is 340 g/mol. The summed E-state index contributed by atoms with van der Waals surface area (Å²) in [5.41, 5.74) is 0.706. The summed E-state index contributed by atoms with van der Waals surface area (Å²) in [6.07, 6.45) is 0. The fraction of sp³-hybridized carbons (Fsp3) is 0.250. The number of para-hydroxylation sites is 1. The van der Waals surface area contributed by atoms with Crippen molar-refractivity contribution in [2.45, 2.75) is 0 Å². The van der Waals surface area contributed by atoms with Crippen LogP contribution in [0.15, 0.2) is 36.4 Å². The van der Waals surface area contributed by atoms with Crippen LogP contribution in [0.3, 0.4) is 0 Å². The third-order valence-electron chi connectivity index (χ3n) is 3.77. The summed E-state index contributed by atoms with van der Waals surface area (Å²) in [5.74, 6) is -0.516. The third kappa shape index (κ3) is 3.41. The van der Waals surface area contributed by atoms with Crippen LogP contribution in [0.2, 0.25) is 10.2 Å². The second-order valence-electron chi connectivity index (χ2n) is 5.20. The Morgan fingerprint density at radius 1 is 1.04 bits per heavy atom. The number of carbonyl (C=O) groups is 1. The van der Waals surface area contributed by atoms with E-state index in [1.165, 1.54) is 12.1 Å². The molecule has 1 aliphatic rings. The van der Waals surface area contributed by atoms with E-state index in [1.54, 1.807) is 29.2 Å². The van der Waals surface area contributed by atoms with Crippen LogP contribution >= 0.6 is 23.2 Å². The van der Waals surface area contributed by atoms with Crippen molar-refractivity contribution in [3.8, 4) is 0 Å². The summed E-state index contributed by atoms with van der Waals surface area (Å²) in [4.78, 5) is 20.1. The molecule has 0 spiro atoms. The Morgan fingerprint density at radius 2 is 1.74 bits per heavy atom. The molecule has 1 fully saturated rings. The number of hydrogen-bond donors (Lipinski definition) is 0. The number of piperazine rings is 1. The van der Waals surface area contributed by atoms with Crippen LogP contribution in [0.1, 0.15) is 10.5 Å². The number of hydrogen-bond acceptors (Lipinski definition) is 3. The Balaban J connectivity index is 1.70. The number of amides is 1. The summed E-state index contributed by atoms with van der Waals surface area (Å²) >= 11 is 11.9. The van der Waals surface area contributed by atoms with Crippen molar-refractivity contribution < 1.29 is 9.18 Å². The fourth-order valence-corrected chi connectivity index (χ4v) is 2.91. The van der Waals surface area contributed by atoms with Gasteiger partial charge in [-0.3, -0.25) is 4.79 Å². The Labute approximate surface area is 143 Å². The second kappa shape index (κ2) is 6.72. The molecule has 0 saturated carbocycles. The average Bonchev–Trinajstić information content (AvgIpc) is 2.57. The van der Waals surface area contributed by atoms with Crippen molar-refractivity contribution in [2.24, 2.45) is 0 Å². The van der Waals surface area contributed by atoms with E-state index in [0.717, 1.165) is 0 Å². The summed E-state index contributed by atoms with van der Waals surface area (Å²) in [6, 6.07) is 9.72.